The molecule has 3 rings (SSSR count). The first-order valence-electron chi connectivity index (χ1n) is 6.80. The van der Waals surface area contributed by atoms with Gasteiger partial charge in [-0.05, 0) is 43.1 Å². The van der Waals surface area contributed by atoms with Crippen LogP contribution in [0.1, 0.15) is 31.0 Å². The number of rotatable bonds is 2. The average molecular weight is 246 g/mol. The van der Waals surface area contributed by atoms with Gasteiger partial charge in [0.2, 0.25) is 0 Å². The first-order valence-corrected chi connectivity index (χ1v) is 6.80. The summed E-state index contributed by atoms with van der Waals surface area (Å²) in [5, 5.41) is 4.64. The zero-order valence-electron chi connectivity index (χ0n) is 10.7. The highest BCUT2D eigenvalue weighted by molar-refractivity contribution is 5.84. The van der Waals surface area contributed by atoms with E-state index in [0.29, 0.717) is 6.04 Å². The maximum atomic E-state index is 13.4. The molecule has 0 bridgehead atoms. The van der Waals surface area contributed by atoms with Crippen molar-refractivity contribution in [2.75, 3.05) is 6.54 Å². The van der Waals surface area contributed by atoms with Gasteiger partial charge in [-0.1, -0.05) is 13.3 Å². The first-order chi connectivity index (χ1) is 8.78. The van der Waals surface area contributed by atoms with Crippen LogP contribution in [0.4, 0.5) is 4.39 Å². The molecule has 2 heterocycles. The van der Waals surface area contributed by atoms with Crippen molar-refractivity contribution in [1.29, 1.82) is 0 Å². The molecule has 1 aromatic heterocycles. The fraction of sp³-hybridized carbons (Fsp3) is 0.467. The van der Waals surface area contributed by atoms with Crippen LogP contribution in [0, 0.1) is 5.82 Å². The highest BCUT2D eigenvalue weighted by atomic mass is 19.1. The molecule has 1 aromatic carbocycles. The van der Waals surface area contributed by atoms with E-state index in [1.54, 1.807) is 6.07 Å². The van der Waals surface area contributed by atoms with E-state index < -0.39 is 0 Å². The van der Waals surface area contributed by atoms with Crippen LogP contribution in [-0.2, 0) is 12.8 Å². The molecule has 1 aliphatic rings. The van der Waals surface area contributed by atoms with E-state index in [9.17, 15) is 4.39 Å². The SMILES string of the molecule is CCCC1Cc2[nH]c3ccc(F)cc3c2CCN1. The molecule has 18 heavy (non-hydrogen) atoms. The van der Waals surface area contributed by atoms with Gasteiger partial charge in [0.1, 0.15) is 5.82 Å². The molecular formula is C15H19FN2. The molecule has 1 atom stereocenters. The normalized spacial score (nSPS) is 19.8. The molecule has 0 saturated carbocycles. The third kappa shape index (κ3) is 2.03. The van der Waals surface area contributed by atoms with Crippen LogP contribution in [0.2, 0.25) is 0 Å². The Labute approximate surface area is 107 Å². The lowest BCUT2D eigenvalue weighted by molar-refractivity contribution is 0.486. The number of fused-ring (bicyclic) bond motifs is 3. The summed E-state index contributed by atoms with van der Waals surface area (Å²) >= 11 is 0. The number of H-pyrrole nitrogens is 1. The van der Waals surface area contributed by atoms with Gasteiger partial charge in [-0.2, -0.15) is 0 Å². The quantitative estimate of drug-likeness (QED) is 0.837. The van der Waals surface area contributed by atoms with Crippen molar-refractivity contribution in [2.45, 2.75) is 38.6 Å². The number of aromatic amines is 1. The fourth-order valence-corrected chi connectivity index (χ4v) is 3.01. The molecule has 0 fully saturated rings. The van der Waals surface area contributed by atoms with Gasteiger partial charge in [0, 0.05) is 29.1 Å². The number of hydrogen-bond donors (Lipinski definition) is 2. The minimum Gasteiger partial charge on any atom is -0.358 e. The predicted molar refractivity (Wildman–Crippen MR) is 72.4 cm³/mol. The summed E-state index contributed by atoms with van der Waals surface area (Å²) in [5.41, 5.74) is 3.66. The molecule has 0 amide bonds. The minimum absolute atomic E-state index is 0.147. The van der Waals surface area contributed by atoms with Gasteiger partial charge in [0.25, 0.3) is 0 Å². The van der Waals surface area contributed by atoms with E-state index in [2.05, 4.69) is 17.2 Å². The molecule has 0 spiro atoms. The van der Waals surface area contributed by atoms with Gasteiger partial charge in [-0.15, -0.1) is 0 Å². The smallest absolute Gasteiger partial charge is 0.123 e. The molecule has 0 aliphatic carbocycles. The number of nitrogens with one attached hydrogen (secondary N) is 2. The largest absolute Gasteiger partial charge is 0.358 e. The summed E-state index contributed by atoms with van der Waals surface area (Å²) in [5.74, 6) is -0.147. The van der Waals surface area contributed by atoms with E-state index in [0.717, 1.165) is 30.3 Å². The van der Waals surface area contributed by atoms with Crippen LogP contribution >= 0.6 is 0 Å². The number of aromatic nitrogens is 1. The van der Waals surface area contributed by atoms with Crippen molar-refractivity contribution in [1.82, 2.24) is 10.3 Å². The summed E-state index contributed by atoms with van der Waals surface area (Å²) in [4.78, 5) is 3.46. The number of hydrogen-bond acceptors (Lipinski definition) is 1. The third-order valence-electron chi connectivity index (χ3n) is 3.85. The van der Waals surface area contributed by atoms with Crippen molar-refractivity contribution in [3.05, 3.63) is 35.3 Å². The van der Waals surface area contributed by atoms with Crippen LogP contribution in [0.25, 0.3) is 10.9 Å². The van der Waals surface area contributed by atoms with Gasteiger partial charge < -0.3 is 10.3 Å². The third-order valence-corrected chi connectivity index (χ3v) is 3.85. The Morgan fingerprint density at radius 2 is 2.28 bits per heavy atom. The Morgan fingerprint density at radius 3 is 3.11 bits per heavy atom. The summed E-state index contributed by atoms with van der Waals surface area (Å²) in [7, 11) is 0. The first kappa shape index (κ1) is 11.7. The van der Waals surface area contributed by atoms with Crippen LogP contribution in [0.3, 0.4) is 0 Å². The summed E-state index contributed by atoms with van der Waals surface area (Å²) in [6, 6.07) is 5.58. The summed E-state index contributed by atoms with van der Waals surface area (Å²) in [6.45, 7) is 3.20. The highest BCUT2D eigenvalue weighted by Crippen LogP contribution is 2.26. The maximum Gasteiger partial charge on any atom is 0.123 e. The molecule has 0 saturated heterocycles. The average Bonchev–Trinajstić information content (AvgIpc) is 2.55. The van der Waals surface area contributed by atoms with Crippen molar-refractivity contribution in [3.8, 4) is 0 Å². The lowest BCUT2D eigenvalue weighted by Crippen LogP contribution is -2.30. The molecule has 0 radical (unpaired) electrons. The zero-order chi connectivity index (χ0) is 12.5. The zero-order valence-corrected chi connectivity index (χ0v) is 10.7. The molecule has 3 heteroatoms. The van der Waals surface area contributed by atoms with E-state index >= 15 is 0 Å². The van der Waals surface area contributed by atoms with Crippen LogP contribution < -0.4 is 5.32 Å². The van der Waals surface area contributed by atoms with Gasteiger partial charge in [0.05, 0.1) is 0 Å². The topological polar surface area (TPSA) is 27.8 Å². The van der Waals surface area contributed by atoms with E-state index in [-0.39, 0.29) is 5.82 Å². The molecule has 2 aromatic rings. The molecular weight excluding hydrogens is 227 g/mol. The Balaban J connectivity index is 2.02. The lowest BCUT2D eigenvalue weighted by Gasteiger charge is -2.14. The summed E-state index contributed by atoms with van der Waals surface area (Å²) < 4.78 is 13.4. The predicted octanol–water partition coefficient (Wildman–Crippen LogP) is 3.16. The Hall–Kier alpha value is -1.35. The van der Waals surface area contributed by atoms with Crippen LogP contribution in [0.5, 0.6) is 0 Å². The lowest BCUT2D eigenvalue weighted by atomic mass is 10.0. The van der Waals surface area contributed by atoms with Crippen molar-refractivity contribution >= 4 is 10.9 Å². The summed E-state index contributed by atoms with van der Waals surface area (Å²) in [6.07, 6.45) is 4.41. The highest BCUT2D eigenvalue weighted by Gasteiger charge is 2.19. The van der Waals surface area contributed by atoms with E-state index in [4.69, 9.17) is 0 Å². The molecule has 1 unspecified atom stereocenters. The van der Waals surface area contributed by atoms with Crippen molar-refractivity contribution in [3.63, 3.8) is 0 Å². The van der Waals surface area contributed by atoms with Crippen molar-refractivity contribution in [2.24, 2.45) is 0 Å². The second-order valence-electron chi connectivity index (χ2n) is 5.17. The Kier molecular flexibility index (Phi) is 3.08. The van der Waals surface area contributed by atoms with Crippen LogP contribution in [0.15, 0.2) is 18.2 Å². The molecule has 96 valence electrons. The monoisotopic (exact) mass is 246 g/mol. The maximum absolute atomic E-state index is 13.4. The van der Waals surface area contributed by atoms with Crippen LogP contribution in [-0.4, -0.2) is 17.6 Å². The van der Waals surface area contributed by atoms with Gasteiger partial charge >= 0.3 is 0 Å². The molecule has 1 aliphatic heterocycles. The second kappa shape index (κ2) is 4.73. The van der Waals surface area contributed by atoms with E-state index in [1.807, 2.05) is 6.07 Å². The standard InChI is InChI=1S/C15H19FN2/c1-2-3-11-9-15-12(6-7-17-11)13-8-10(16)4-5-14(13)18-15/h4-5,8,11,17-18H,2-3,6-7,9H2,1H3. The van der Waals surface area contributed by atoms with Crippen molar-refractivity contribution < 1.29 is 4.39 Å². The minimum atomic E-state index is -0.147. The van der Waals surface area contributed by atoms with Gasteiger partial charge in [-0.3, -0.25) is 0 Å². The second-order valence-corrected chi connectivity index (χ2v) is 5.17. The van der Waals surface area contributed by atoms with Gasteiger partial charge in [0.15, 0.2) is 0 Å². The number of benzene rings is 1. The fourth-order valence-electron chi connectivity index (χ4n) is 3.01. The Morgan fingerprint density at radius 1 is 1.39 bits per heavy atom. The van der Waals surface area contributed by atoms with E-state index in [1.165, 1.54) is 30.2 Å². The van der Waals surface area contributed by atoms with Gasteiger partial charge in [-0.25, -0.2) is 4.39 Å². The Bertz CT molecular complexity index is 559. The molecule has 2 N–H and O–H groups in total. The number of halogens is 1. The molecule has 2 nitrogen and oxygen atoms in total.